The summed E-state index contributed by atoms with van der Waals surface area (Å²) in [6, 6.07) is 8.94. The van der Waals surface area contributed by atoms with E-state index < -0.39 is 5.79 Å². The quantitative estimate of drug-likeness (QED) is 0.781. The molecule has 0 N–H and O–H groups in total. The van der Waals surface area contributed by atoms with Crippen LogP contribution in [-0.4, -0.2) is 31.6 Å². The number of carbonyl (C=O) groups excluding carboxylic acids is 1. The van der Waals surface area contributed by atoms with Crippen molar-refractivity contribution < 1.29 is 14.3 Å². The summed E-state index contributed by atoms with van der Waals surface area (Å²) in [4.78, 5) is 15.9. The zero-order valence-electron chi connectivity index (χ0n) is 10.9. The highest BCUT2D eigenvalue weighted by atomic mass is 16.7. The second kappa shape index (κ2) is 5.73. The van der Waals surface area contributed by atoms with Crippen molar-refractivity contribution >= 4 is 11.6 Å². The van der Waals surface area contributed by atoms with Crippen molar-refractivity contribution in [3.8, 4) is 0 Å². The van der Waals surface area contributed by atoms with Crippen LogP contribution in [0.3, 0.4) is 0 Å². The molecule has 1 aromatic carbocycles. The predicted octanol–water partition coefficient (Wildman–Crippen LogP) is 2.38. The van der Waals surface area contributed by atoms with Gasteiger partial charge in [-0.1, -0.05) is 18.2 Å². The second-order valence-electron chi connectivity index (χ2n) is 4.00. The van der Waals surface area contributed by atoms with Crippen molar-refractivity contribution in [2.24, 2.45) is 4.99 Å². The molecule has 0 aromatic heterocycles. The number of carbonyl (C=O) groups is 1. The number of nitrogens with zero attached hydrogens (tertiary/aromatic N) is 1. The van der Waals surface area contributed by atoms with Crippen LogP contribution in [0.15, 0.2) is 59.6 Å². The molecule has 0 spiro atoms. The summed E-state index contributed by atoms with van der Waals surface area (Å²) in [6.07, 6.45) is 6.83. The van der Waals surface area contributed by atoms with Gasteiger partial charge in [-0.2, -0.15) is 0 Å². The number of hydrogen-bond acceptors (Lipinski definition) is 3. The Morgan fingerprint density at radius 3 is 2.16 bits per heavy atom. The van der Waals surface area contributed by atoms with Gasteiger partial charge in [0, 0.05) is 19.8 Å². The van der Waals surface area contributed by atoms with Crippen molar-refractivity contribution in [1.82, 2.24) is 0 Å². The Bertz CT molecular complexity index is 522. The minimum absolute atomic E-state index is 0.271. The van der Waals surface area contributed by atoms with Crippen molar-refractivity contribution in [3.63, 3.8) is 0 Å². The van der Waals surface area contributed by atoms with Crippen LogP contribution in [-0.2, 0) is 9.47 Å². The Balaban J connectivity index is 2.16. The molecule has 0 atom stereocenters. The average molecular weight is 257 g/mol. The van der Waals surface area contributed by atoms with E-state index in [4.69, 9.17) is 9.47 Å². The lowest BCUT2D eigenvalue weighted by Crippen LogP contribution is -2.30. The number of aliphatic imine (C=N–C) groups is 1. The largest absolute Gasteiger partial charge is 0.346 e. The van der Waals surface area contributed by atoms with E-state index in [1.54, 1.807) is 62.8 Å². The summed E-state index contributed by atoms with van der Waals surface area (Å²) < 4.78 is 10.5. The van der Waals surface area contributed by atoms with Crippen LogP contribution in [0.4, 0.5) is 0 Å². The molecule has 2 rings (SSSR count). The molecule has 1 aliphatic rings. The highest BCUT2D eigenvalue weighted by Crippen LogP contribution is 2.19. The normalized spacial score (nSPS) is 16.4. The summed E-state index contributed by atoms with van der Waals surface area (Å²) in [5, 5.41) is 0. The Labute approximate surface area is 112 Å². The van der Waals surface area contributed by atoms with Gasteiger partial charge < -0.3 is 9.47 Å². The highest BCUT2D eigenvalue weighted by Gasteiger charge is 2.24. The summed E-state index contributed by atoms with van der Waals surface area (Å²) in [7, 11) is 3.10. The molecule has 0 bridgehead atoms. The van der Waals surface area contributed by atoms with E-state index in [0.29, 0.717) is 11.3 Å². The number of benzene rings is 1. The molecule has 0 unspecified atom stereocenters. The Kier molecular flexibility index (Phi) is 4.04. The molecule has 4 nitrogen and oxygen atoms in total. The van der Waals surface area contributed by atoms with Crippen molar-refractivity contribution in [2.75, 3.05) is 14.2 Å². The molecule has 1 aromatic rings. The van der Waals surface area contributed by atoms with Gasteiger partial charge in [-0.05, 0) is 36.4 Å². The van der Waals surface area contributed by atoms with E-state index in [1.165, 1.54) is 0 Å². The number of ether oxygens (including phenoxy) is 2. The molecule has 19 heavy (non-hydrogen) atoms. The van der Waals surface area contributed by atoms with E-state index in [9.17, 15) is 4.79 Å². The fourth-order valence-corrected chi connectivity index (χ4v) is 1.71. The van der Waals surface area contributed by atoms with Crippen LogP contribution in [0.1, 0.15) is 10.4 Å². The molecular weight excluding hydrogens is 242 g/mol. The van der Waals surface area contributed by atoms with Crippen LogP contribution in [0.25, 0.3) is 0 Å². The molecular formula is C15H15NO3. The van der Waals surface area contributed by atoms with Crippen LogP contribution < -0.4 is 0 Å². The zero-order valence-corrected chi connectivity index (χ0v) is 10.9. The van der Waals surface area contributed by atoms with Crippen LogP contribution in [0.5, 0.6) is 0 Å². The highest BCUT2D eigenvalue weighted by molar-refractivity contribution is 6.13. The van der Waals surface area contributed by atoms with Crippen LogP contribution in [0, 0.1) is 0 Å². The molecule has 0 saturated carbocycles. The van der Waals surface area contributed by atoms with Gasteiger partial charge in [0.25, 0.3) is 5.91 Å². The van der Waals surface area contributed by atoms with E-state index in [1.807, 2.05) is 6.07 Å². The smallest absolute Gasteiger partial charge is 0.277 e. The maximum Gasteiger partial charge on any atom is 0.277 e. The van der Waals surface area contributed by atoms with E-state index in [-0.39, 0.29) is 5.91 Å². The summed E-state index contributed by atoms with van der Waals surface area (Å²) in [5.74, 6) is -1.14. The van der Waals surface area contributed by atoms with Crippen molar-refractivity contribution in [3.05, 3.63) is 60.2 Å². The SMILES string of the molecule is COC1(OC)C=CC(=NC(=O)c2ccccc2)C=C1. The number of methoxy groups -OCH3 is 2. The Morgan fingerprint density at radius 1 is 1.05 bits per heavy atom. The maximum absolute atomic E-state index is 11.9. The fraction of sp³-hybridized carbons (Fsp3) is 0.200. The summed E-state index contributed by atoms with van der Waals surface area (Å²) >= 11 is 0. The van der Waals surface area contributed by atoms with Gasteiger partial charge >= 0.3 is 0 Å². The van der Waals surface area contributed by atoms with Gasteiger partial charge in [0.2, 0.25) is 5.79 Å². The first-order chi connectivity index (χ1) is 9.19. The third-order valence-corrected chi connectivity index (χ3v) is 2.86. The van der Waals surface area contributed by atoms with Gasteiger partial charge in [0.15, 0.2) is 0 Å². The molecule has 0 radical (unpaired) electrons. The fourth-order valence-electron chi connectivity index (χ4n) is 1.71. The third-order valence-electron chi connectivity index (χ3n) is 2.86. The number of allylic oxidation sites excluding steroid dienone is 2. The number of rotatable bonds is 3. The number of hydrogen-bond donors (Lipinski definition) is 0. The average Bonchev–Trinajstić information content (AvgIpc) is 2.49. The Hall–Kier alpha value is -2.04. The molecule has 98 valence electrons. The number of amides is 1. The van der Waals surface area contributed by atoms with Crippen molar-refractivity contribution in [1.29, 1.82) is 0 Å². The first-order valence-corrected chi connectivity index (χ1v) is 5.86. The van der Waals surface area contributed by atoms with Gasteiger partial charge in [0.1, 0.15) is 0 Å². The first-order valence-electron chi connectivity index (χ1n) is 5.86. The minimum atomic E-state index is -0.866. The lowest BCUT2D eigenvalue weighted by atomic mass is 10.1. The Morgan fingerprint density at radius 2 is 1.63 bits per heavy atom. The van der Waals surface area contributed by atoms with E-state index in [2.05, 4.69) is 4.99 Å². The molecule has 4 heteroatoms. The zero-order chi connectivity index (χ0) is 13.7. The molecule has 0 heterocycles. The molecule has 0 aliphatic heterocycles. The van der Waals surface area contributed by atoms with E-state index in [0.717, 1.165) is 0 Å². The third kappa shape index (κ3) is 3.05. The van der Waals surface area contributed by atoms with Gasteiger partial charge in [0.05, 0.1) is 5.71 Å². The summed E-state index contributed by atoms with van der Waals surface area (Å²) in [5.41, 5.74) is 1.13. The van der Waals surface area contributed by atoms with Crippen molar-refractivity contribution in [2.45, 2.75) is 5.79 Å². The maximum atomic E-state index is 11.9. The van der Waals surface area contributed by atoms with Gasteiger partial charge in [-0.3, -0.25) is 4.79 Å². The first kappa shape index (κ1) is 13.4. The second-order valence-corrected chi connectivity index (χ2v) is 4.00. The van der Waals surface area contributed by atoms with Gasteiger partial charge in [-0.25, -0.2) is 4.99 Å². The topological polar surface area (TPSA) is 47.9 Å². The lowest BCUT2D eigenvalue weighted by molar-refractivity contribution is -0.133. The predicted molar refractivity (Wildman–Crippen MR) is 73.2 cm³/mol. The van der Waals surface area contributed by atoms with E-state index >= 15 is 0 Å². The van der Waals surface area contributed by atoms with Gasteiger partial charge in [-0.15, -0.1) is 0 Å². The molecule has 0 saturated heterocycles. The molecule has 1 amide bonds. The lowest BCUT2D eigenvalue weighted by Gasteiger charge is -2.25. The standard InChI is InChI=1S/C15H15NO3/c1-18-15(19-2)10-8-13(9-11-15)16-14(17)12-6-4-3-5-7-12/h3-11H,1-2H3. The van der Waals surface area contributed by atoms with Crippen LogP contribution >= 0.6 is 0 Å². The minimum Gasteiger partial charge on any atom is -0.346 e. The summed E-state index contributed by atoms with van der Waals surface area (Å²) in [6.45, 7) is 0. The molecule has 1 aliphatic carbocycles. The van der Waals surface area contributed by atoms with Crippen LogP contribution in [0.2, 0.25) is 0 Å². The molecule has 0 fully saturated rings. The monoisotopic (exact) mass is 257 g/mol.